The Balaban J connectivity index is 1.36. The van der Waals surface area contributed by atoms with E-state index in [2.05, 4.69) is 20.3 Å². The summed E-state index contributed by atoms with van der Waals surface area (Å²) in [6, 6.07) is 4.74. The molecule has 1 aromatic carbocycles. The van der Waals surface area contributed by atoms with E-state index >= 15 is 0 Å². The summed E-state index contributed by atoms with van der Waals surface area (Å²) in [6.07, 6.45) is 5.76. The van der Waals surface area contributed by atoms with Gasteiger partial charge in [0.05, 0.1) is 24.1 Å². The lowest BCUT2D eigenvalue weighted by Crippen LogP contribution is -2.59. The monoisotopic (exact) mass is 831 g/mol. The lowest BCUT2D eigenvalue weighted by molar-refractivity contribution is -0.152. The molecule has 318 valence electrons. The highest BCUT2D eigenvalue weighted by atomic mass is 32.2. The van der Waals surface area contributed by atoms with Crippen molar-refractivity contribution in [3.63, 3.8) is 0 Å². The molecule has 1 saturated heterocycles. The van der Waals surface area contributed by atoms with Gasteiger partial charge in [-0.1, -0.05) is 44.2 Å². The normalized spacial score (nSPS) is 29.4. The number of aromatic nitrogens is 1. The Bertz CT molecular complexity index is 2070. The molecular weight excluding hydrogens is 777 g/mol. The highest BCUT2D eigenvalue weighted by molar-refractivity contribution is 7.91. The maximum atomic E-state index is 14.8. The van der Waals surface area contributed by atoms with Gasteiger partial charge < -0.3 is 29.7 Å². The molecule has 3 N–H and O–H groups in total. The average molecular weight is 832 g/mol. The van der Waals surface area contributed by atoms with Crippen molar-refractivity contribution < 1.29 is 50.6 Å². The Morgan fingerprint density at radius 3 is 2.43 bits per heavy atom. The third-order valence-electron chi connectivity index (χ3n) is 12.2. The maximum Gasteiger partial charge on any atom is 0.408 e. The summed E-state index contributed by atoms with van der Waals surface area (Å²) in [5.41, 5.74) is -3.82. The highest BCUT2D eigenvalue weighted by Crippen LogP contribution is 2.48. The van der Waals surface area contributed by atoms with Crippen molar-refractivity contribution in [2.75, 3.05) is 13.2 Å². The summed E-state index contributed by atoms with van der Waals surface area (Å²) < 4.78 is 73.8. The number of rotatable bonds is 10. The number of allylic oxidation sites excluding steroid dienone is 1. The number of carbonyl (C=O) groups is 4. The minimum absolute atomic E-state index is 0.0234. The van der Waals surface area contributed by atoms with Gasteiger partial charge in [0, 0.05) is 30.0 Å². The molecule has 4 amide bonds. The van der Waals surface area contributed by atoms with Crippen LogP contribution in [0, 0.1) is 17.8 Å². The number of hydrogen-bond acceptors (Lipinski definition) is 10. The first-order valence-corrected chi connectivity index (χ1v) is 21.5. The zero-order chi connectivity index (χ0) is 42.4. The van der Waals surface area contributed by atoms with E-state index in [1.54, 1.807) is 19.9 Å². The molecule has 0 radical (unpaired) electrons. The van der Waals surface area contributed by atoms with E-state index in [1.807, 2.05) is 44.2 Å². The number of halogens is 2. The van der Waals surface area contributed by atoms with Crippen LogP contribution in [-0.2, 0) is 29.1 Å². The number of ether oxygens (including phenoxy) is 3. The number of fused-ring (bicyclic) bond motifs is 3. The molecule has 6 rings (SSSR count). The van der Waals surface area contributed by atoms with Crippen molar-refractivity contribution in [2.24, 2.45) is 17.8 Å². The maximum absolute atomic E-state index is 14.8. The van der Waals surface area contributed by atoms with Crippen LogP contribution in [-0.4, -0.2) is 95.3 Å². The molecule has 3 fully saturated rings. The molecule has 2 saturated carbocycles. The molecule has 1 unspecified atom stereocenters. The number of nitrogens with one attached hydrogen (secondary N) is 3. The van der Waals surface area contributed by atoms with E-state index in [4.69, 9.17) is 14.2 Å². The predicted octanol–water partition coefficient (Wildman–Crippen LogP) is 5.40. The average Bonchev–Trinajstić information content (AvgIpc) is 4.02. The number of pyridine rings is 1. The summed E-state index contributed by atoms with van der Waals surface area (Å²) in [6.45, 7) is 10.2. The molecular formula is C41H55F2N5O9S. The molecule has 0 spiro atoms. The van der Waals surface area contributed by atoms with E-state index in [9.17, 15) is 36.4 Å². The number of carbonyl (C=O) groups excluding carboxylic acids is 4. The molecule has 2 aliphatic carbocycles. The molecule has 3 heterocycles. The van der Waals surface area contributed by atoms with Crippen LogP contribution in [0.15, 0.2) is 42.6 Å². The fraction of sp³-hybridized carbons (Fsp3) is 0.634. The topological polar surface area (TPSA) is 182 Å². The third kappa shape index (κ3) is 8.74. The van der Waals surface area contributed by atoms with Crippen LogP contribution < -0.4 is 24.8 Å². The minimum Gasteiger partial charge on any atom is -0.492 e. The quantitative estimate of drug-likeness (QED) is 0.263. The van der Waals surface area contributed by atoms with Gasteiger partial charge in [-0.15, -0.1) is 0 Å². The number of amides is 4. The number of hydrogen-bond donors (Lipinski definition) is 3. The van der Waals surface area contributed by atoms with Gasteiger partial charge in [0.2, 0.25) is 27.7 Å². The molecule has 0 bridgehead atoms. The van der Waals surface area contributed by atoms with E-state index in [0.29, 0.717) is 56.8 Å². The summed E-state index contributed by atoms with van der Waals surface area (Å²) >= 11 is 0. The van der Waals surface area contributed by atoms with Crippen LogP contribution in [0.3, 0.4) is 0 Å². The van der Waals surface area contributed by atoms with Crippen molar-refractivity contribution in [1.29, 1.82) is 0 Å². The zero-order valence-electron chi connectivity index (χ0n) is 34.1. The van der Waals surface area contributed by atoms with E-state index in [1.165, 1.54) is 11.1 Å². The lowest BCUT2D eigenvalue weighted by Gasteiger charge is -2.35. The van der Waals surface area contributed by atoms with Crippen molar-refractivity contribution in [3.8, 4) is 11.6 Å². The molecule has 2 aromatic rings. The number of alkyl halides is 2. The van der Waals surface area contributed by atoms with Crippen molar-refractivity contribution >= 4 is 44.6 Å². The van der Waals surface area contributed by atoms with Crippen LogP contribution in [0.1, 0.15) is 93.4 Å². The summed E-state index contributed by atoms with van der Waals surface area (Å²) in [5, 5.41) is 6.75. The van der Waals surface area contributed by atoms with E-state index in [-0.39, 0.29) is 31.2 Å². The van der Waals surface area contributed by atoms with Gasteiger partial charge in [0.15, 0.2) is 5.60 Å². The minimum atomic E-state index is -4.05. The van der Waals surface area contributed by atoms with Gasteiger partial charge in [-0.05, 0) is 84.1 Å². The second kappa shape index (κ2) is 15.9. The number of alkyl carbamates (subject to hydrolysis) is 1. The molecule has 14 nitrogen and oxygen atoms in total. The third-order valence-corrected chi connectivity index (χ3v) is 14.4. The van der Waals surface area contributed by atoms with Gasteiger partial charge in [-0.2, -0.15) is 0 Å². The zero-order valence-corrected chi connectivity index (χ0v) is 34.9. The van der Waals surface area contributed by atoms with Gasteiger partial charge in [-0.3, -0.25) is 19.1 Å². The van der Waals surface area contributed by atoms with Gasteiger partial charge in [0.1, 0.15) is 29.5 Å². The summed E-state index contributed by atoms with van der Waals surface area (Å²) in [5.74, 6) is -5.95. The van der Waals surface area contributed by atoms with Crippen molar-refractivity contribution in [3.05, 3.63) is 42.6 Å². The van der Waals surface area contributed by atoms with Gasteiger partial charge >= 0.3 is 6.09 Å². The van der Waals surface area contributed by atoms with Crippen LogP contribution in [0.25, 0.3) is 10.8 Å². The Labute approximate surface area is 338 Å². The van der Waals surface area contributed by atoms with Crippen LogP contribution in [0.2, 0.25) is 0 Å². The van der Waals surface area contributed by atoms with Crippen LogP contribution in [0.4, 0.5) is 13.6 Å². The van der Waals surface area contributed by atoms with Gasteiger partial charge in [0.25, 0.3) is 11.8 Å². The molecule has 1 aromatic heterocycles. The first-order chi connectivity index (χ1) is 27.1. The molecule has 58 heavy (non-hydrogen) atoms. The predicted molar refractivity (Wildman–Crippen MR) is 211 cm³/mol. The fourth-order valence-corrected chi connectivity index (χ4v) is 9.05. The molecule has 4 aliphatic rings. The first-order valence-electron chi connectivity index (χ1n) is 20.0. The smallest absolute Gasteiger partial charge is 0.408 e. The van der Waals surface area contributed by atoms with Crippen LogP contribution >= 0.6 is 0 Å². The second-order valence-electron chi connectivity index (χ2n) is 17.3. The van der Waals surface area contributed by atoms with Crippen LogP contribution in [0.5, 0.6) is 11.6 Å². The fourth-order valence-electron chi connectivity index (χ4n) is 7.74. The SMILES string of the molecule is CCOc1cnc(O[C@@H]2C[C@H]3C(=O)N[C@]4(C(=O)NS(=O)(=O)C5(C)CC5)CC4/C=C\CC[C@H](C)C[C@@H](C)[C@H](NC(=O)OC(C)(C)C(C)(F)F)C(=O)N3C2)c2ccccc12. The molecule has 7 atom stereocenters. The van der Waals surface area contributed by atoms with Crippen molar-refractivity contribution in [1.82, 2.24) is 25.2 Å². The van der Waals surface area contributed by atoms with Gasteiger partial charge in [-0.25, -0.2) is 27.0 Å². The number of sulfonamides is 1. The second-order valence-corrected chi connectivity index (χ2v) is 19.5. The Hall–Kier alpha value is -4.54. The number of nitrogens with zero attached hydrogens (tertiary/aromatic N) is 2. The van der Waals surface area contributed by atoms with E-state index in [0.717, 1.165) is 19.2 Å². The Kier molecular flexibility index (Phi) is 11.8. The molecule has 17 heteroatoms. The lowest BCUT2D eigenvalue weighted by atomic mass is 9.88. The largest absolute Gasteiger partial charge is 0.492 e. The standard InChI is InChI=1S/C41H55F2N5O9S/c1-8-55-31-22-44-34(29-16-12-11-15-28(29)31)56-27-20-30-33(49)46-41(36(51)47-58(53,54)39(6)17-18-39)21-26(41)14-10-9-13-24(2)19-25(3)32(35(50)48(30)23-27)45-37(52)57-38(4,5)40(7,42)43/h10-12,14-16,22,24-27,30,32H,8-9,13,17-21,23H2,1-7H3,(H,45,52)(H,46,49)(H,47,51)/b14-10-/t24-,25+,26?,27+,30-,32-,41+/m0/s1. The number of benzene rings is 1. The first kappa shape index (κ1) is 43.0. The Morgan fingerprint density at radius 1 is 1.09 bits per heavy atom. The summed E-state index contributed by atoms with van der Waals surface area (Å²) in [4.78, 5) is 62.4. The Morgan fingerprint density at radius 2 is 1.78 bits per heavy atom. The van der Waals surface area contributed by atoms with Crippen molar-refractivity contribution in [2.45, 2.75) is 133 Å². The van der Waals surface area contributed by atoms with E-state index < -0.39 is 85.7 Å². The highest BCUT2D eigenvalue weighted by Gasteiger charge is 2.63. The summed E-state index contributed by atoms with van der Waals surface area (Å²) in [7, 11) is -4.05. The molecule has 2 aliphatic heterocycles.